The standard InChI is InChI=1S/C12H16O3/c1-8-5-6-9(2)12(10(8)3)15-11(13)7-14-4/h5-6H,7H2,1-4H3. The van der Waals surface area contributed by atoms with E-state index in [1.165, 1.54) is 7.11 Å². The first-order chi connectivity index (χ1) is 7.06. The quantitative estimate of drug-likeness (QED) is 0.564. The van der Waals surface area contributed by atoms with Crippen molar-refractivity contribution >= 4 is 5.97 Å². The fourth-order valence-electron chi connectivity index (χ4n) is 1.34. The Labute approximate surface area is 90.0 Å². The predicted molar refractivity (Wildman–Crippen MR) is 58.2 cm³/mol. The summed E-state index contributed by atoms with van der Waals surface area (Å²) in [6, 6.07) is 3.95. The van der Waals surface area contributed by atoms with Gasteiger partial charge in [-0.05, 0) is 37.5 Å². The average molecular weight is 208 g/mol. The minimum absolute atomic E-state index is 0.0210. The molecule has 1 aromatic carbocycles. The van der Waals surface area contributed by atoms with E-state index in [1.54, 1.807) is 0 Å². The number of hydrogen-bond donors (Lipinski definition) is 0. The normalized spacial score (nSPS) is 10.1. The molecule has 0 amide bonds. The first-order valence-corrected chi connectivity index (χ1v) is 4.82. The van der Waals surface area contributed by atoms with Crippen LogP contribution >= 0.6 is 0 Å². The predicted octanol–water partition coefficient (Wildman–Crippen LogP) is 2.16. The first kappa shape index (κ1) is 11.7. The molecule has 1 aromatic rings. The highest BCUT2D eigenvalue weighted by molar-refractivity contribution is 5.74. The maximum absolute atomic E-state index is 11.3. The minimum Gasteiger partial charge on any atom is -0.424 e. The van der Waals surface area contributed by atoms with E-state index in [9.17, 15) is 4.79 Å². The molecule has 0 aromatic heterocycles. The SMILES string of the molecule is COCC(=O)Oc1c(C)ccc(C)c1C. The van der Waals surface area contributed by atoms with Gasteiger partial charge in [0, 0.05) is 7.11 Å². The Morgan fingerprint density at radius 1 is 1.20 bits per heavy atom. The van der Waals surface area contributed by atoms with Crippen molar-refractivity contribution in [3.05, 3.63) is 28.8 Å². The van der Waals surface area contributed by atoms with Crippen molar-refractivity contribution < 1.29 is 14.3 Å². The Bertz CT molecular complexity index is 369. The van der Waals surface area contributed by atoms with Gasteiger partial charge in [0.2, 0.25) is 0 Å². The zero-order valence-electron chi connectivity index (χ0n) is 9.59. The molecule has 3 nitrogen and oxygen atoms in total. The van der Waals surface area contributed by atoms with Crippen molar-refractivity contribution in [3.8, 4) is 5.75 Å². The van der Waals surface area contributed by atoms with Gasteiger partial charge in [0.1, 0.15) is 12.4 Å². The molecule has 0 aliphatic carbocycles. The Kier molecular flexibility index (Phi) is 3.86. The zero-order valence-corrected chi connectivity index (χ0v) is 9.59. The molecule has 0 N–H and O–H groups in total. The highest BCUT2D eigenvalue weighted by atomic mass is 16.6. The lowest BCUT2D eigenvalue weighted by atomic mass is 10.1. The van der Waals surface area contributed by atoms with Crippen molar-refractivity contribution in [2.24, 2.45) is 0 Å². The number of methoxy groups -OCH3 is 1. The third-order valence-corrected chi connectivity index (χ3v) is 2.35. The van der Waals surface area contributed by atoms with E-state index in [4.69, 9.17) is 9.47 Å². The molecule has 0 atom stereocenters. The number of rotatable bonds is 3. The Morgan fingerprint density at radius 2 is 1.80 bits per heavy atom. The number of aryl methyl sites for hydroxylation is 2. The molecule has 0 saturated carbocycles. The highest BCUT2D eigenvalue weighted by Gasteiger charge is 2.10. The molecular formula is C12H16O3. The van der Waals surface area contributed by atoms with Crippen LogP contribution in [0.25, 0.3) is 0 Å². The van der Waals surface area contributed by atoms with Gasteiger partial charge in [0.05, 0.1) is 0 Å². The summed E-state index contributed by atoms with van der Waals surface area (Å²) in [6.07, 6.45) is 0. The zero-order chi connectivity index (χ0) is 11.4. The summed E-state index contributed by atoms with van der Waals surface area (Å²) in [6.45, 7) is 5.83. The van der Waals surface area contributed by atoms with E-state index in [2.05, 4.69) is 0 Å². The minimum atomic E-state index is -0.366. The van der Waals surface area contributed by atoms with Crippen LogP contribution in [0.2, 0.25) is 0 Å². The Morgan fingerprint density at radius 3 is 2.40 bits per heavy atom. The number of benzene rings is 1. The van der Waals surface area contributed by atoms with Crippen LogP contribution in [0.5, 0.6) is 5.75 Å². The van der Waals surface area contributed by atoms with Crippen LogP contribution in [0, 0.1) is 20.8 Å². The fraction of sp³-hybridized carbons (Fsp3) is 0.417. The fourth-order valence-corrected chi connectivity index (χ4v) is 1.34. The van der Waals surface area contributed by atoms with Crippen LogP contribution in [0.15, 0.2) is 12.1 Å². The van der Waals surface area contributed by atoms with E-state index < -0.39 is 0 Å². The molecule has 0 saturated heterocycles. The van der Waals surface area contributed by atoms with Crippen molar-refractivity contribution in [3.63, 3.8) is 0 Å². The molecule has 0 bridgehead atoms. The van der Waals surface area contributed by atoms with Gasteiger partial charge < -0.3 is 9.47 Å². The van der Waals surface area contributed by atoms with E-state index in [0.29, 0.717) is 5.75 Å². The number of esters is 1. The second-order valence-electron chi connectivity index (χ2n) is 3.56. The summed E-state index contributed by atoms with van der Waals surface area (Å²) in [5.74, 6) is 0.284. The van der Waals surface area contributed by atoms with Crippen LogP contribution < -0.4 is 4.74 Å². The first-order valence-electron chi connectivity index (χ1n) is 4.82. The summed E-state index contributed by atoms with van der Waals surface area (Å²) in [4.78, 5) is 11.3. The number of hydrogen-bond acceptors (Lipinski definition) is 3. The van der Waals surface area contributed by atoms with Gasteiger partial charge in [-0.15, -0.1) is 0 Å². The summed E-state index contributed by atoms with van der Waals surface area (Å²) in [5, 5.41) is 0. The maximum Gasteiger partial charge on any atom is 0.337 e. The second kappa shape index (κ2) is 4.94. The van der Waals surface area contributed by atoms with Crippen molar-refractivity contribution in [1.29, 1.82) is 0 Å². The Hall–Kier alpha value is -1.35. The van der Waals surface area contributed by atoms with Crippen LogP contribution in [0.4, 0.5) is 0 Å². The molecule has 0 radical (unpaired) electrons. The van der Waals surface area contributed by atoms with Crippen LogP contribution in [0.3, 0.4) is 0 Å². The summed E-state index contributed by atoms with van der Waals surface area (Å²) >= 11 is 0. The molecule has 15 heavy (non-hydrogen) atoms. The van der Waals surface area contributed by atoms with Crippen LogP contribution in [-0.4, -0.2) is 19.7 Å². The molecule has 0 fully saturated rings. The maximum atomic E-state index is 11.3. The van der Waals surface area contributed by atoms with E-state index in [-0.39, 0.29) is 12.6 Å². The van der Waals surface area contributed by atoms with Gasteiger partial charge >= 0.3 is 5.97 Å². The molecule has 3 heteroatoms. The largest absolute Gasteiger partial charge is 0.424 e. The Balaban J connectivity index is 2.93. The number of carbonyl (C=O) groups excluding carboxylic acids is 1. The third kappa shape index (κ3) is 2.80. The molecular weight excluding hydrogens is 192 g/mol. The highest BCUT2D eigenvalue weighted by Crippen LogP contribution is 2.25. The van der Waals surface area contributed by atoms with Gasteiger partial charge in [0.15, 0.2) is 0 Å². The molecule has 1 rings (SSSR count). The molecule has 0 heterocycles. The lowest BCUT2D eigenvalue weighted by molar-refractivity contribution is -0.138. The smallest absolute Gasteiger partial charge is 0.337 e. The molecule has 0 aliphatic heterocycles. The molecule has 0 spiro atoms. The van der Waals surface area contributed by atoms with Gasteiger partial charge in [-0.1, -0.05) is 12.1 Å². The lowest BCUT2D eigenvalue weighted by Gasteiger charge is -2.11. The molecule has 0 unspecified atom stereocenters. The summed E-state index contributed by atoms with van der Waals surface area (Å²) in [7, 11) is 1.47. The topological polar surface area (TPSA) is 35.5 Å². The average Bonchev–Trinajstić information content (AvgIpc) is 2.19. The third-order valence-electron chi connectivity index (χ3n) is 2.35. The number of carbonyl (C=O) groups is 1. The number of ether oxygens (including phenoxy) is 2. The molecule has 82 valence electrons. The van der Waals surface area contributed by atoms with E-state index in [1.807, 2.05) is 32.9 Å². The van der Waals surface area contributed by atoms with Crippen LogP contribution in [0.1, 0.15) is 16.7 Å². The van der Waals surface area contributed by atoms with Crippen molar-refractivity contribution in [2.75, 3.05) is 13.7 Å². The molecule has 0 aliphatic rings. The van der Waals surface area contributed by atoms with Crippen molar-refractivity contribution in [2.45, 2.75) is 20.8 Å². The van der Waals surface area contributed by atoms with Gasteiger partial charge in [0.25, 0.3) is 0 Å². The lowest BCUT2D eigenvalue weighted by Crippen LogP contribution is -2.15. The van der Waals surface area contributed by atoms with Crippen molar-refractivity contribution in [1.82, 2.24) is 0 Å². The summed E-state index contributed by atoms with van der Waals surface area (Å²) < 4.78 is 9.94. The van der Waals surface area contributed by atoms with Gasteiger partial charge in [-0.2, -0.15) is 0 Å². The van der Waals surface area contributed by atoms with Crippen LogP contribution in [-0.2, 0) is 9.53 Å². The summed E-state index contributed by atoms with van der Waals surface area (Å²) in [5.41, 5.74) is 3.07. The van der Waals surface area contributed by atoms with Gasteiger partial charge in [-0.3, -0.25) is 0 Å². The monoisotopic (exact) mass is 208 g/mol. The van der Waals surface area contributed by atoms with Gasteiger partial charge in [-0.25, -0.2) is 4.79 Å². The van der Waals surface area contributed by atoms with E-state index in [0.717, 1.165) is 16.7 Å². The van der Waals surface area contributed by atoms with E-state index >= 15 is 0 Å². The second-order valence-corrected chi connectivity index (χ2v) is 3.56.